The van der Waals surface area contributed by atoms with E-state index in [1.54, 1.807) is 22.7 Å². The van der Waals surface area contributed by atoms with Crippen molar-refractivity contribution < 1.29 is 4.79 Å². The van der Waals surface area contributed by atoms with Gasteiger partial charge in [-0.25, -0.2) is 0 Å². The summed E-state index contributed by atoms with van der Waals surface area (Å²) in [7, 11) is 0. The predicted octanol–water partition coefficient (Wildman–Crippen LogP) is 3.10. The monoisotopic (exact) mass is 310 g/mol. The van der Waals surface area contributed by atoms with Gasteiger partial charge in [-0.15, -0.1) is 22.7 Å². The van der Waals surface area contributed by atoms with Gasteiger partial charge in [0.25, 0.3) is 5.91 Å². The lowest BCUT2D eigenvalue weighted by Crippen LogP contribution is -2.41. The van der Waals surface area contributed by atoms with Crippen molar-refractivity contribution in [2.75, 3.05) is 13.1 Å². The van der Waals surface area contributed by atoms with Crippen LogP contribution in [-0.2, 0) is 0 Å². The molecule has 0 atom stereocenters. The molecule has 3 heterocycles. The second kappa shape index (κ2) is 5.19. The second-order valence-corrected chi connectivity index (χ2v) is 7.23. The molecule has 2 N–H and O–H groups in total. The molecular formula is C13H14N2OS3. The van der Waals surface area contributed by atoms with E-state index in [-0.39, 0.29) is 5.91 Å². The lowest BCUT2D eigenvalue weighted by atomic mass is 9.97. The Kier molecular flexibility index (Phi) is 3.56. The van der Waals surface area contributed by atoms with Crippen LogP contribution in [0.5, 0.6) is 0 Å². The molecule has 2 aromatic rings. The number of likely N-dealkylation sites (tertiary alicyclic amines) is 1. The quantitative estimate of drug-likeness (QED) is 0.867. The maximum Gasteiger partial charge on any atom is 0.263 e. The van der Waals surface area contributed by atoms with Crippen molar-refractivity contribution in [3.63, 3.8) is 0 Å². The number of fused-ring (bicyclic) bond motifs is 1. The molecule has 3 rings (SSSR count). The number of rotatable bonds is 2. The van der Waals surface area contributed by atoms with Gasteiger partial charge in [0.1, 0.15) is 0 Å². The van der Waals surface area contributed by atoms with Crippen molar-refractivity contribution in [2.45, 2.75) is 12.8 Å². The van der Waals surface area contributed by atoms with E-state index in [9.17, 15) is 4.79 Å². The Labute approximate surface area is 125 Å². The Morgan fingerprint density at radius 2 is 2.11 bits per heavy atom. The van der Waals surface area contributed by atoms with E-state index in [1.807, 2.05) is 11.0 Å². The first kappa shape index (κ1) is 13.0. The van der Waals surface area contributed by atoms with Crippen LogP contribution in [-0.4, -0.2) is 28.9 Å². The number of carbonyl (C=O) groups excluding carboxylic acids is 1. The molecule has 0 bridgehead atoms. The molecule has 0 spiro atoms. The zero-order chi connectivity index (χ0) is 13.4. The van der Waals surface area contributed by atoms with Crippen LogP contribution in [0.2, 0.25) is 0 Å². The molecule has 0 saturated carbocycles. The molecular weight excluding hydrogens is 296 g/mol. The van der Waals surface area contributed by atoms with Gasteiger partial charge in [-0.2, -0.15) is 0 Å². The Hall–Kier alpha value is -0.980. The van der Waals surface area contributed by atoms with Crippen LogP contribution >= 0.6 is 34.9 Å². The summed E-state index contributed by atoms with van der Waals surface area (Å²) < 4.78 is 2.40. The summed E-state index contributed by atoms with van der Waals surface area (Å²) in [4.78, 5) is 15.8. The molecule has 19 heavy (non-hydrogen) atoms. The van der Waals surface area contributed by atoms with E-state index in [2.05, 4.69) is 11.4 Å². The topological polar surface area (TPSA) is 46.3 Å². The first-order valence-corrected chi connectivity index (χ1v) is 8.31. The number of thiophene rings is 2. The summed E-state index contributed by atoms with van der Waals surface area (Å²) in [6, 6.07) is 4.08. The van der Waals surface area contributed by atoms with Crippen LogP contribution in [0.1, 0.15) is 22.5 Å². The smallest absolute Gasteiger partial charge is 0.263 e. The zero-order valence-electron chi connectivity index (χ0n) is 10.3. The highest BCUT2D eigenvalue weighted by atomic mass is 32.1. The molecule has 1 aliphatic rings. The average molecular weight is 310 g/mol. The molecule has 100 valence electrons. The van der Waals surface area contributed by atoms with Gasteiger partial charge in [0.15, 0.2) is 0 Å². The molecule has 2 aromatic heterocycles. The van der Waals surface area contributed by atoms with E-state index in [0.29, 0.717) is 10.9 Å². The number of nitrogens with zero attached hydrogens (tertiary/aromatic N) is 1. The molecule has 6 heteroatoms. The minimum Gasteiger partial charge on any atom is -0.393 e. The molecule has 1 aliphatic heterocycles. The normalized spacial score (nSPS) is 16.9. The van der Waals surface area contributed by atoms with Crippen molar-refractivity contribution in [1.29, 1.82) is 0 Å². The highest BCUT2D eigenvalue weighted by Crippen LogP contribution is 2.31. The van der Waals surface area contributed by atoms with Crippen molar-refractivity contribution in [1.82, 2.24) is 4.90 Å². The molecule has 1 saturated heterocycles. The predicted molar refractivity (Wildman–Crippen MR) is 85.1 cm³/mol. The largest absolute Gasteiger partial charge is 0.393 e. The van der Waals surface area contributed by atoms with E-state index < -0.39 is 0 Å². The summed E-state index contributed by atoms with van der Waals surface area (Å²) in [5, 5.41) is 2.06. The maximum atomic E-state index is 12.4. The van der Waals surface area contributed by atoms with E-state index in [0.717, 1.165) is 30.8 Å². The molecule has 1 amide bonds. The highest BCUT2D eigenvalue weighted by molar-refractivity contribution is 7.80. The highest BCUT2D eigenvalue weighted by Gasteiger charge is 2.25. The van der Waals surface area contributed by atoms with Gasteiger partial charge in [0, 0.05) is 28.4 Å². The summed E-state index contributed by atoms with van der Waals surface area (Å²) in [5.74, 6) is 0.445. The van der Waals surface area contributed by atoms with Crippen LogP contribution in [0.4, 0.5) is 0 Å². The fourth-order valence-electron chi connectivity index (χ4n) is 2.39. The minimum absolute atomic E-state index is 0.148. The van der Waals surface area contributed by atoms with Crippen molar-refractivity contribution in [3.05, 3.63) is 22.4 Å². The number of hydrogen-bond acceptors (Lipinski definition) is 4. The van der Waals surface area contributed by atoms with Crippen LogP contribution in [0.25, 0.3) is 9.40 Å². The zero-order valence-corrected chi connectivity index (χ0v) is 12.7. The average Bonchev–Trinajstić information content (AvgIpc) is 2.98. The number of hydrogen-bond donors (Lipinski definition) is 1. The standard InChI is InChI=1S/C13H14N2OS3/c14-12(17)8-1-4-15(5-2-8)13(16)11-7-10-9(19-11)3-6-18-10/h3,6-8H,1-2,4-5H2,(H2,14,17). The van der Waals surface area contributed by atoms with Crippen molar-refractivity contribution >= 4 is 55.2 Å². The van der Waals surface area contributed by atoms with Crippen LogP contribution in [0.15, 0.2) is 17.5 Å². The van der Waals surface area contributed by atoms with Crippen LogP contribution < -0.4 is 5.73 Å². The molecule has 0 unspecified atom stereocenters. The number of carbonyl (C=O) groups is 1. The number of piperidine rings is 1. The van der Waals surface area contributed by atoms with Gasteiger partial charge in [0.05, 0.1) is 9.87 Å². The third-order valence-electron chi connectivity index (χ3n) is 3.53. The Morgan fingerprint density at radius 1 is 1.37 bits per heavy atom. The van der Waals surface area contributed by atoms with Gasteiger partial charge in [0.2, 0.25) is 0 Å². The fourth-order valence-corrected chi connectivity index (χ4v) is 4.71. The summed E-state index contributed by atoms with van der Waals surface area (Å²) in [5.41, 5.74) is 5.67. The van der Waals surface area contributed by atoms with Gasteiger partial charge in [-0.05, 0) is 30.4 Å². The summed E-state index contributed by atoms with van der Waals surface area (Å²) in [6.07, 6.45) is 1.78. The van der Waals surface area contributed by atoms with Crippen molar-refractivity contribution in [3.8, 4) is 0 Å². The number of amides is 1. The van der Waals surface area contributed by atoms with E-state index >= 15 is 0 Å². The van der Waals surface area contributed by atoms with Crippen LogP contribution in [0, 0.1) is 5.92 Å². The lowest BCUT2D eigenvalue weighted by molar-refractivity contribution is 0.0715. The van der Waals surface area contributed by atoms with Crippen LogP contribution in [0.3, 0.4) is 0 Å². The molecule has 0 aromatic carbocycles. The summed E-state index contributed by atoms with van der Waals surface area (Å²) in [6.45, 7) is 1.51. The molecule has 0 aliphatic carbocycles. The third-order valence-corrected chi connectivity index (χ3v) is 5.95. The SMILES string of the molecule is NC(=S)C1CCN(C(=O)c2cc3sccc3s2)CC1. The van der Waals surface area contributed by atoms with Gasteiger partial charge >= 0.3 is 0 Å². The Balaban J connectivity index is 1.71. The van der Waals surface area contributed by atoms with Gasteiger partial charge in [-0.3, -0.25) is 4.79 Å². The first-order valence-electron chi connectivity index (χ1n) is 6.21. The Bertz CT molecular complexity index is 594. The first-order chi connectivity index (χ1) is 9.15. The minimum atomic E-state index is 0.148. The van der Waals surface area contributed by atoms with Gasteiger partial charge in [-0.1, -0.05) is 12.2 Å². The van der Waals surface area contributed by atoms with E-state index in [4.69, 9.17) is 18.0 Å². The maximum absolute atomic E-state index is 12.4. The van der Waals surface area contributed by atoms with Crippen molar-refractivity contribution in [2.24, 2.45) is 11.7 Å². The fraction of sp³-hybridized carbons (Fsp3) is 0.385. The van der Waals surface area contributed by atoms with Gasteiger partial charge < -0.3 is 10.6 Å². The molecule has 3 nitrogen and oxygen atoms in total. The third kappa shape index (κ3) is 2.52. The molecule has 0 radical (unpaired) electrons. The lowest BCUT2D eigenvalue weighted by Gasteiger charge is -2.31. The Morgan fingerprint density at radius 3 is 2.74 bits per heavy atom. The van der Waals surface area contributed by atoms with E-state index in [1.165, 1.54) is 9.40 Å². The number of thiocarbonyl (C=S) groups is 1. The summed E-state index contributed by atoms with van der Waals surface area (Å²) >= 11 is 8.29. The molecule has 1 fully saturated rings. The second-order valence-electron chi connectivity index (χ2n) is 4.73. The number of nitrogens with two attached hydrogens (primary N) is 1.